The summed E-state index contributed by atoms with van der Waals surface area (Å²) in [6.07, 6.45) is 62.5. The SMILES string of the molecule is CCCCCCCCCCCCCCCCCCCCCCCC(=O)O[C@H](COC(=O)CCCCCCCCCCCCCCCCC)COP(=O)(O)OC[C@@H](O)COP(=O)(O)OC[C@@H](COC(=O)CCCCCCCCCCC)OC(=O)CCCCCCCCCCCCC. The zero-order chi connectivity index (χ0) is 70.4. The fourth-order valence-electron chi connectivity index (χ4n) is 11.9. The second-order valence-corrected chi connectivity index (χ2v) is 30.7. The minimum Gasteiger partial charge on any atom is -0.462 e. The van der Waals surface area contributed by atoms with Gasteiger partial charge >= 0.3 is 39.5 Å². The van der Waals surface area contributed by atoms with Crippen molar-refractivity contribution in [2.45, 2.75) is 431 Å². The highest BCUT2D eigenvalue weighted by molar-refractivity contribution is 7.47. The summed E-state index contributed by atoms with van der Waals surface area (Å²) in [6, 6.07) is 0. The van der Waals surface area contributed by atoms with Crippen LogP contribution in [-0.4, -0.2) is 96.7 Å². The van der Waals surface area contributed by atoms with Gasteiger partial charge < -0.3 is 33.8 Å². The number of aliphatic hydroxyl groups is 1. The maximum absolute atomic E-state index is 13.1. The van der Waals surface area contributed by atoms with E-state index in [2.05, 4.69) is 27.7 Å². The monoisotopic (exact) mass is 1410 g/mol. The van der Waals surface area contributed by atoms with Crippen LogP contribution in [-0.2, 0) is 65.4 Å². The van der Waals surface area contributed by atoms with E-state index in [4.69, 9.17) is 37.0 Å². The van der Waals surface area contributed by atoms with Gasteiger partial charge in [0.25, 0.3) is 0 Å². The van der Waals surface area contributed by atoms with Crippen molar-refractivity contribution in [3.8, 4) is 0 Å². The summed E-state index contributed by atoms with van der Waals surface area (Å²) in [6.45, 7) is 4.98. The van der Waals surface area contributed by atoms with E-state index >= 15 is 0 Å². The number of phosphoric ester groups is 2. The normalized spacial score (nSPS) is 13.9. The molecule has 0 aliphatic carbocycles. The molecular formula is C77H150O17P2. The first-order valence-corrected chi connectivity index (χ1v) is 43.3. The lowest BCUT2D eigenvalue weighted by molar-refractivity contribution is -0.161. The Balaban J connectivity index is 5.18. The Morgan fingerprint density at radius 3 is 0.615 bits per heavy atom. The van der Waals surface area contributed by atoms with Gasteiger partial charge in [-0.3, -0.25) is 37.3 Å². The third-order valence-corrected chi connectivity index (χ3v) is 20.0. The van der Waals surface area contributed by atoms with Crippen molar-refractivity contribution in [2.75, 3.05) is 39.6 Å². The van der Waals surface area contributed by atoms with Gasteiger partial charge in [-0.25, -0.2) is 9.13 Å². The number of carbonyl (C=O) groups is 4. The average molecular weight is 1410 g/mol. The molecule has 0 aromatic heterocycles. The number of esters is 4. The van der Waals surface area contributed by atoms with Gasteiger partial charge in [0, 0.05) is 25.7 Å². The molecule has 0 bridgehead atoms. The van der Waals surface area contributed by atoms with Gasteiger partial charge in [0.05, 0.1) is 26.4 Å². The average Bonchev–Trinajstić information content (AvgIpc) is 2.56. The Bertz CT molecular complexity index is 1830. The van der Waals surface area contributed by atoms with Crippen molar-refractivity contribution in [3.05, 3.63) is 0 Å². The second-order valence-electron chi connectivity index (χ2n) is 27.7. The molecule has 0 amide bonds. The first-order chi connectivity index (χ1) is 46.7. The van der Waals surface area contributed by atoms with E-state index in [9.17, 15) is 43.2 Å². The molecule has 0 spiro atoms. The highest BCUT2D eigenvalue weighted by atomic mass is 31.2. The van der Waals surface area contributed by atoms with Crippen LogP contribution in [0.15, 0.2) is 0 Å². The zero-order valence-corrected chi connectivity index (χ0v) is 64.1. The molecule has 0 aromatic rings. The lowest BCUT2D eigenvalue weighted by Crippen LogP contribution is -2.30. The van der Waals surface area contributed by atoms with E-state index in [-0.39, 0.29) is 25.7 Å². The minimum absolute atomic E-state index is 0.108. The van der Waals surface area contributed by atoms with Gasteiger partial charge in [-0.1, -0.05) is 362 Å². The number of hydrogen-bond acceptors (Lipinski definition) is 15. The molecule has 96 heavy (non-hydrogen) atoms. The van der Waals surface area contributed by atoms with Crippen molar-refractivity contribution >= 4 is 39.5 Å². The van der Waals surface area contributed by atoms with Crippen molar-refractivity contribution in [1.29, 1.82) is 0 Å². The summed E-state index contributed by atoms with van der Waals surface area (Å²) in [5.74, 6) is -2.11. The number of phosphoric acid groups is 2. The minimum atomic E-state index is -4.96. The van der Waals surface area contributed by atoms with Crippen LogP contribution in [0.3, 0.4) is 0 Å². The molecule has 17 nitrogen and oxygen atoms in total. The summed E-state index contributed by atoms with van der Waals surface area (Å²) in [7, 11) is -9.91. The number of hydrogen-bond donors (Lipinski definition) is 3. The molecule has 5 atom stereocenters. The van der Waals surface area contributed by atoms with Gasteiger partial charge in [0.2, 0.25) is 0 Å². The van der Waals surface area contributed by atoms with E-state index in [1.54, 1.807) is 0 Å². The van der Waals surface area contributed by atoms with Crippen LogP contribution < -0.4 is 0 Å². The molecule has 0 aromatic carbocycles. The summed E-state index contributed by atoms with van der Waals surface area (Å²) in [5, 5.41) is 10.6. The van der Waals surface area contributed by atoms with Crippen molar-refractivity contribution in [3.63, 3.8) is 0 Å². The van der Waals surface area contributed by atoms with Gasteiger partial charge in [-0.05, 0) is 25.7 Å². The van der Waals surface area contributed by atoms with Crippen LogP contribution >= 0.6 is 15.6 Å². The maximum Gasteiger partial charge on any atom is 0.472 e. The Kier molecular flexibility index (Phi) is 70.0. The molecule has 2 unspecified atom stereocenters. The third kappa shape index (κ3) is 70.5. The predicted molar refractivity (Wildman–Crippen MR) is 391 cm³/mol. The topological polar surface area (TPSA) is 237 Å². The molecular weight excluding hydrogens is 1260 g/mol. The molecule has 0 saturated carbocycles. The van der Waals surface area contributed by atoms with Crippen molar-refractivity contribution in [1.82, 2.24) is 0 Å². The van der Waals surface area contributed by atoms with E-state index in [1.165, 1.54) is 244 Å². The molecule has 0 fully saturated rings. The molecule has 0 radical (unpaired) electrons. The first-order valence-electron chi connectivity index (χ1n) is 40.3. The van der Waals surface area contributed by atoms with E-state index in [1.807, 2.05) is 0 Å². The van der Waals surface area contributed by atoms with Crippen LogP contribution in [0.5, 0.6) is 0 Å². The molecule has 3 N–H and O–H groups in total. The van der Waals surface area contributed by atoms with Crippen molar-refractivity contribution in [2.24, 2.45) is 0 Å². The van der Waals surface area contributed by atoms with Crippen molar-refractivity contribution < 1.29 is 80.2 Å². The number of rotatable bonds is 78. The largest absolute Gasteiger partial charge is 0.472 e. The van der Waals surface area contributed by atoms with E-state index in [0.29, 0.717) is 25.7 Å². The quantitative estimate of drug-likeness (QED) is 0.0222. The smallest absolute Gasteiger partial charge is 0.462 e. The number of ether oxygens (including phenoxy) is 4. The lowest BCUT2D eigenvalue weighted by atomic mass is 10.0. The van der Waals surface area contributed by atoms with Crippen LogP contribution in [0.25, 0.3) is 0 Å². The fraction of sp³-hybridized carbons (Fsp3) is 0.948. The maximum atomic E-state index is 13.1. The van der Waals surface area contributed by atoms with Crippen LogP contribution in [0.4, 0.5) is 0 Å². The number of unbranched alkanes of at least 4 members (excludes halogenated alkanes) is 52. The molecule has 0 heterocycles. The number of carbonyl (C=O) groups excluding carboxylic acids is 4. The summed E-state index contributed by atoms with van der Waals surface area (Å²) in [5.41, 5.74) is 0. The Hall–Kier alpha value is -1.94. The summed E-state index contributed by atoms with van der Waals surface area (Å²) < 4.78 is 68.5. The third-order valence-electron chi connectivity index (χ3n) is 18.1. The molecule has 0 aliphatic rings. The van der Waals surface area contributed by atoms with Gasteiger partial charge in [-0.2, -0.15) is 0 Å². The second kappa shape index (κ2) is 71.5. The summed E-state index contributed by atoms with van der Waals surface area (Å²) >= 11 is 0. The highest BCUT2D eigenvalue weighted by Gasteiger charge is 2.30. The molecule has 0 rings (SSSR count). The molecule has 0 saturated heterocycles. The predicted octanol–water partition coefficient (Wildman–Crippen LogP) is 23.0. The fourth-order valence-corrected chi connectivity index (χ4v) is 13.5. The van der Waals surface area contributed by atoms with Gasteiger partial charge in [-0.15, -0.1) is 0 Å². The molecule has 0 aliphatic heterocycles. The molecule has 19 heteroatoms. The zero-order valence-electron chi connectivity index (χ0n) is 62.4. The Morgan fingerprint density at radius 2 is 0.417 bits per heavy atom. The standard InChI is InChI=1S/C77H150O17P2/c1-5-9-13-17-21-25-28-30-32-33-34-35-36-37-39-41-44-48-52-56-60-64-77(82)94-73(68-88-75(80)62-58-54-50-46-43-40-38-31-29-26-22-18-14-10-6-2)70-92-96(85,86)90-66-71(78)65-89-95(83,84)91-69-72(67-87-74(79)61-57-53-49-45-24-20-16-12-8-4)93-76(81)63-59-55-51-47-42-27-23-19-15-11-7-3/h71-73,78H,5-70H2,1-4H3,(H,83,84)(H,85,86)/t71-,72+,73+/m0/s1. The first kappa shape index (κ1) is 94.1. The van der Waals surface area contributed by atoms with Crippen LogP contribution in [0.1, 0.15) is 413 Å². The Labute approximate surface area is 588 Å². The van der Waals surface area contributed by atoms with Crippen LogP contribution in [0, 0.1) is 0 Å². The summed E-state index contributed by atoms with van der Waals surface area (Å²) in [4.78, 5) is 72.7. The Morgan fingerprint density at radius 1 is 0.250 bits per heavy atom. The van der Waals surface area contributed by atoms with E-state index in [0.717, 1.165) is 89.9 Å². The van der Waals surface area contributed by atoms with E-state index < -0.39 is 97.5 Å². The highest BCUT2D eigenvalue weighted by Crippen LogP contribution is 2.45. The van der Waals surface area contributed by atoms with Crippen LogP contribution in [0.2, 0.25) is 0 Å². The van der Waals surface area contributed by atoms with Gasteiger partial charge in [0.1, 0.15) is 19.3 Å². The lowest BCUT2D eigenvalue weighted by Gasteiger charge is -2.21. The molecule has 570 valence electrons. The number of aliphatic hydroxyl groups excluding tert-OH is 1. The van der Waals surface area contributed by atoms with Gasteiger partial charge in [0.15, 0.2) is 12.2 Å².